The molecule has 28 heavy (non-hydrogen) atoms. The molecule has 0 spiro atoms. The van der Waals surface area contributed by atoms with Gasteiger partial charge < -0.3 is 14.4 Å². The molecule has 1 aliphatic heterocycles. The van der Waals surface area contributed by atoms with Crippen molar-refractivity contribution in [1.29, 1.82) is 0 Å². The standard InChI is InChI=1S/C23H31ClN2O2/c1-25(2)13-12-23(20-5-7-21(24)8-6-20)28-22-9-3-19(4-10-22)11-14-26-15-17-27-18-16-26/h3-10,23H,11-18H2,1-2H3. The number of hydrogen-bond donors (Lipinski definition) is 0. The number of ether oxygens (including phenoxy) is 2. The van der Waals surface area contributed by atoms with Crippen LogP contribution in [-0.4, -0.2) is 63.3 Å². The number of nitrogens with zero attached hydrogens (tertiary/aromatic N) is 2. The van der Waals surface area contributed by atoms with Crippen LogP contribution in [0, 0.1) is 0 Å². The van der Waals surface area contributed by atoms with Gasteiger partial charge in [0.05, 0.1) is 13.2 Å². The van der Waals surface area contributed by atoms with E-state index in [1.54, 1.807) is 0 Å². The zero-order chi connectivity index (χ0) is 19.8. The van der Waals surface area contributed by atoms with Crippen molar-refractivity contribution in [3.05, 3.63) is 64.7 Å². The molecule has 0 N–H and O–H groups in total. The summed E-state index contributed by atoms with van der Waals surface area (Å²) in [4.78, 5) is 4.65. The predicted molar refractivity (Wildman–Crippen MR) is 115 cm³/mol. The van der Waals surface area contributed by atoms with Crippen molar-refractivity contribution in [2.75, 3.05) is 53.5 Å². The quantitative estimate of drug-likeness (QED) is 0.624. The number of morpholine rings is 1. The Hall–Kier alpha value is -1.59. The third-order valence-corrected chi connectivity index (χ3v) is 5.35. The van der Waals surface area contributed by atoms with E-state index in [0.717, 1.165) is 68.6 Å². The van der Waals surface area contributed by atoms with Gasteiger partial charge in [-0.05, 0) is 55.9 Å². The van der Waals surface area contributed by atoms with Crippen molar-refractivity contribution in [3.8, 4) is 5.75 Å². The van der Waals surface area contributed by atoms with E-state index in [1.807, 2.05) is 12.1 Å². The number of hydrogen-bond acceptors (Lipinski definition) is 4. The number of rotatable bonds is 9. The summed E-state index contributed by atoms with van der Waals surface area (Å²) in [7, 11) is 4.17. The van der Waals surface area contributed by atoms with Crippen LogP contribution < -0.4 is 4.74 Å². The second-order valence-electron chi connectivity index (χ2n) is 7.60. The van der Waals surface area contributed by atoms with Gasteiger partial charge >= 0.3 is 0 Å². The molecule has 1 heterocycles. The normalized spacial score (nSPS) is 16.3. The first-order valence-corrected chi connectivity index (χ1v) is 10.4. The third-order valence-electron chi connectivity index (χ3n) is 5.10. The lowest BCUT2D eigenvalue weighted by molar-refractivity contribution is 0.0384. The summed E-state index contributed by atoms with van der Waals surface area (Å²) in [5.74, 6) is 0.911. The largest absolute Gasteiger partial charge is 0.486 e. The van der Waals surface area contributed by atoms with Crippen molar-refractivity contribution in [2.45, 2.75) is 18.9 Å². The van der Waals surface area contributed by atoms with Gasteiger partial charge in [-0.15, -0.1) is 0 Å². The number of benzene rings is 2. The Labute approximate surface area is 174 Å². The van der Waals surface area contributed by atoms with E-state index in [9.17, 15) is 0 Å². The van der Waals surface area contributed by atoms with Gasteiger partial charge in [0, 0.05) is 37.6 Å². The Bertz CT molecular complexity index is 698. The molecule has 0 radical (unpaired) electrons. The molecule has 1 unspecified atom stereocenters. The third kappa shape index (κ3) is 6.78. The highest BCUT2D eigenvalue weighted by Gasteiger charge is 2.14. The average Bonchev–Trinajstić information content (AvgIpc) is 2.72. The van der Waals surface area contributed by atoms with Crippen LogP contribution >= 0.6 is 11.6 Å². The smallest absolute Gasteiger partial charge is 0.125 e. The van der Waals surface area contributed by atoms with Crippen LogP contribution in [0.15, 0.2) is 48.5 Å². The maximum Gasteiger partial charge on any atom is 0.125 e. The van der Waals surface area contributed by atoms with Crippen molar-refractivity contribution in [2.24, 2.45) is 0 Å². The zero-order valence-corrected chi connectivity index (χ0v) is 17.7. The highest BCUT2D eigenvalue weighted by atomic mass is 35.5. The van der Waals surface area contributed by atoms with Gasteiger partial charge in [0.25, 0.3) is 0 Å². The van der Waals surface area contributed by atoms with Crippen LogP contribution in [0.4, 0.5) is 0 Å². The second kappa shape index (κ2) is 10.8. The van der Waals surface area contributed by atoms with Crippen LogP contribution in [0.25, 0.3) is 0 Å². The molecule has 0 bridgehead atoms. The summed E-state index contributed by atoms with van der Waals surface area (Å²) < 4.78 is 11.8. The minimum absolute atomic E-state index is 0.0128. The summed E-state index contributed by atoms with van der Waals surface area (Å²) in [6, 6.07) is 16.5. The molecule has 0 aromatic heterocycles. The van der Waals surface area contributed by atoms with E-state index < -0.39 is 0 Å². The summed E-state index contributed by atoms with van der Waals surface area (Å²) in [5.41, 5.74) is 2.50. The van der Waals surface area contributed by atoms with Gasteiger partial charge in [0.1, 0.15) is 11.9 Å². The SMILES string of the molecule is CN(C)CCC(Oc1ccc(CCN2CCOCC2)cc1)c1ccc(Cl)cc1. The molecule has 1 saturated heterocycles. The van der Waals surface area contributed by atoms with Crippen LogP contribution in [0.3, 0.4) is 0 Å². The lowest BCUT2D eigenvalue weighted by atomic mass is 10.1. The molecule has 0 saturated carbocycles. The highest BCUT2D eigenvalue weighted by Crippen LogP contribution is 2.26. The van der Waals surface area contributed by atoms with E-state index in [0.29, 0.717) is 0 Å². The van der Waals surface area contributed by atoms with E-state index in [4.69, 9.17) is 21.1 Å². The van der Waals surface area contributed by atoms with Crippen molar-refractivity contribution < 1.29 is 9.47 Å². The van der Waals surface area contributed by atoms with Crippen LogP contribution in [0.1, 0.15) is 23.7 Å². The van der Waals surface area contributed by atoms with E-state index in [2.05, 4.69) is 60.3 Å². The summed E-state index contributed by atoms with van der Waals surface area (Å²) in [6.45, 7) is 5.83. The Kier molecular flexibility index (Phi) is 8.16. The Balaban J connectivity index is 1.59. The van der Waals surface area contributed by atoms with Crippen LogP contribution in [0.5, 0.6) is 5.75 Å². The molecule has 5 heteroatoms. The van der Waals surface area contributed by atoms with Gasteiger partial charge in [-0.3, -0.25) is 4.90 Å². The van der Waals surface area contributed by atoms with E-state index >= 15 is 0 Å². The molecule has 4 nitrogen and oxygen atoms in total. The molecule has 2 aromatic carbocycles. The van der Waals surface area contributed by atoms with E-state index in [1.165, 1.54) is 5.56 Å². The fraction of sp³-hybridized carbons (Fsp3) is 0.478. The maximum absolute atomic E-state index is 6.34. The molecule has 152 valence electrons. The summed E-state index contributed by atoms with van der Waals surface area (Å²) in [5, 5.41) is 0.750. The monoisotopic (exact) mass is 402 g/mol. The first-order valence-electron chi connectivity index (χ1n) is 10.1. The molecular formula is C23H31ClN2O2. The minimum atomic E-state index is 0.0128. The Morgan fingerprint density at radius 3 is 2.36 bits per heavy atom. The van der Waals surface area contributed by atoms with Gasteiger partial charge in [-0.1, -0.05) is 35.9 Å². The molecule has 2 aromatic rings. The highest BCUT2D eigenvalue weighted by molar-refractivity contribution is 6.30. The zero-order valence-electron chi connectivity index (χ0n) is 16.9. The summed E-state index contributed by atoms with van der Waals surface area (Å²) in [6.07, 6.45) is 1.99. The fourth-order valence-electron chi connectivity index (χ4n) is 3.36. The first-order chi connectivity index (χ1) is 13.6. The van der Waals surface area contributed by atoms with Gasteiger partial charge in [0.15, 0.2) is 0 Å². The van der Waals surface area contributed by atoms with Crippen molar-refractivity contribution in [3.63, 3.8) is 0 Å². The van der Waals surface area contributed by atoms with Crippen molar-refractivity contribution >= 4 is 11.6 Å². The molecule has 3 rings (SSSR count). The van der Waals surface area contributed by atoms with Gasteiger partial charge in [-0.25, -0.2) is 0 Å². The molecule has 0 amide bonds. The van der Waals surface area contributed by atoms with Crippen LogP contribution in [0.2, 0.25) is 5.02 Å². The van der Waals surface area contributed by atoms with Crippen LogP contribution in [-0.2, 0) is 11.2 Å². The first kappa shape index (κ1) is 21.1. The molecular weight excluding hydrogens is 372 g/mol. The molecule has 1 atom stereocenters. The second-order valence-corrected chi connectivity index (χ2v) is 8.03. The van der Waals surface area contributed by atoms with E-state index in [-0.39, 0.29) is 6.10 Å². The van der Waals surface area contributed by atoms with Gasteiger partial charge in [-0.2, -0.15) is 0 Å². The molecule has 1 aliphatic rings. The van der Waals surface area contributed by atoms with Gasteiger partial charge in [0.2, 0.25) is 0 Å². The molecule has 0 aliphatic carbocycles. The number of halogens is 1. The Morgan fingerprint density at radius 1 is 1.04 bits per heavy atom. The average molecular weight is 403 g/mol. The van der Waals surface area contributed by atoms with Crippen molar-refractivity contribution in [1.82, 2.24) is 9.80 Å². The predicted octanol–water partition coefficient (Wildman–Crippen LogP) is 4.29. The topological polar surface area (TPSA) is 24.9 Å². The molecule has 1 fully saturated rings. The lowest BCUT2D eigenvalue weighted by Crippen LogP contribution is -2.37. The Morgan fingerprint density at radius 2 is 1.71 bits per heavy atom. The maximum atomic E-state index is 6.34. The minimum Gasteiger partial charge on any atom is -0.486 e. The lowest BCUT2D eigenvalue weighted by Gasteiger charge is -2.26. The summed E-state index contributed by atoms with van der Waals surface area (Å²) >= 11 is 6.05. The fourth-order valence-corrected chi connectivity index (χ4v) is 3.48.